The molecule has 1 N–H and O–H groups in total. The van der Waals surface area contributed by atoms with Crippen LogP contribution in [0.4, 0.5) is 0 Å². The fourth-order valence-corrected chi connectivity index (χ4v) is 2.80. The number of unbranched alkanes of at least 4 members (excludes halogenated alkanes) is 6. The van der Waals surface area contributed by atoms with Crippen LogP contribution < -0.4 is 0 Å². The molecule has 3 nitrogen and oxygen atoms in total. The summed E-state index contributed by atoms with van der Waals surface area (Å²) in [5.74, 6) is 0.763. The van der Waals surface area contributed by atoms with Crippen molar-refractivity contribution in [3.05, 3.63) is 29.8 Å². The minimum atomic E-state index is -4.07. The Balaban J connectivity index is 2.16. The Kier molecular flexibility index (Phi) is 8.19. The molecule has 0 saturated carbocycles. The van der Waals surface area contributed by atoms with Gasteiger partial charge in [0.25, 0.3) is 10.1 Å². The monoisotopic (exact) mass is 318 g/mol. The third-order valence-electron chi connectivity index (χ3n) is 3.32. The molecule has 0 amide bonds. The molecule has 0 fully saturated rings. The molecule has 0 atom stereocenters. The van der Waals surface area contributed by atoms with Crippen molar-refractivity contribution < 1.29 is 13.0 Å². The van der Waals surface area contributed by atoms with Gasteiger partial charge in [0.2, 0.25) is 0 Å². The summed E-state index contributed by atoms with van der Waals surface area (Å²) in [6.07, 6.45) is 9.36. The van der Waals surface area contributed by atoms with Crippen LogP contribution in [-0.2, 0) is 16.5 Å². The predicted octanol–water partition coefficient (Wildman–Crippen LogP) is 4.45. The summed E-state index contributed by atoms with van der Waals surface area (Å²) in [4.78, 5) is -0.0412. The Hall–Kier alpha value is -0.580. The maximum absolute atomic E-state index is 10.9. The van der Waals surface area contributed by atoms with Crippen molar-refractivity contribution in [1.82, 2.24) is 0 Å². The standard InChI is InChI=1S/C15H23ClO3S/c16-13-7-5-3-1-2-4-6-8-14-9-11-15(12-10-14)20(17,18)19/h9-12H,1-8,13H2,(H,17,18,19). The Bertz CT molecular complexity index is 468. The van der Waals surface area contributed by atoms with Crippen LogP contribution in [0.25, 0.3) is 0 Å². The van der Waals surface area contributed by atoms with E-state index in [9.17, 15) is 8.42 Å². The van der Waals surface area contributed by atoms with Gasteiger partial charge >= 0.3 is 0 Å². The Labute approximate surface area is 127 Å². The van der Waals surface area contributed by atoms with Crippen molar-refractivity contribution in [2.24, 2.45) is 0 Å². The number of hydrogen-bond acceptors (Lipinski definition) is 2. The summed E-state index contributed by atoms with van der Waals surface area (Å²) in [7, 11) is -4.07. The molecule has 0 aromatic heterocycles. The number of benzene rings is 1. The molecule has 1 aromatic rings. The van der Waals surface area contributed by atoms with Gasteiger partial charge in [0.05, 0.1) is 4.90 Å². The topological polar surface area (TPSA) is 54.4 Å². The van der Waals surface area contributed by atoms with E-state index >= 15 is 0 Å². The second kappa shape index (κ2) is 9.37. The lowest BCUT2D eigenvalue weighted by Gasteiger charge is -2.03. The predicted molar refractivity (Wildman–Crippen MR) is 83.0 cm³/mol. The first-order chi connectivity index (χ1) is 9.54. The first-order valence-electron chi connectivity index (χ1n) is 7.16. The van der Waals surface area contributed by atoms with Crippen molar-refractivity contribution in [1.29, 1.82) is 0 Å². The minimum Gasteiger partial charge on any atom is -0.282 e. The Morgan fingerprint density at radius 1 is 0.850 bits per heavy atom. The summed E-state index contributed by atoms with van der Waals surface area (Å²) in [5.41, 5.74) is 1.11. The Morgan fingerprint density at radius 3 is 1.85 bits per heavy atom. The van der Waals surface area contributed by atoms with E-state index in [1.54, 1.807) is 12.1 Å². The number of alkyl halides is 1. The molecular formula is C15H23ClO3S. The van der Waals surface area contributed by atoms with Gasteiger partial charge in [-0.15, -0.1) is 11.6 Å². The quantitative estimate of drug-likeness (QED) is 0.394. The molecule has 0 aliphatic heterocycles. The van der Waals surface area contributed by atoms with Crippen molar-refractivity contribution in [3.63, 3.8) is 0 Å². The van der Waals surface area contributed by atoms with Crippen LogP contribution in [0.2, 0.25) is 0 Å². The fourth-order valence-electron chi connectivity index (χ4n) is 2.14. The molecule has 20 heavy (non-hydrogen) atoms. The normalized spacial score (nSPS) is 11.7. The minimum absolute atomic E-state index is 0.0412. The molecule has 0 aliphatic carbocycles. The Morgan fingerprint density at radius 2 is 1.35 bits per heavy atom. The van der Waals surface area contributed by atoms with Gasteiger partial charge in [0, 0.05) is 5.88 Å². The zero-order valence-corrected chi connectivity index (χ0v) is 13.3. The lowest BCUT2D eigenvalue weighted by Crippen LogP contribution is -1.98. The molecular weight excluding hydrogens is 296 g/mol. The lowest BCUT2D eigenvalue weighted by molar-refractivity contribution is 0.483. The maximum Gasteiger partial charge on any atom is 0.294 e. The largest absolute Gasteiger partial charge is 0.294 e. The number of aryl methyl sites for hydroxylation is 1. The van der Waals surface area contributed by atoms with E-state index in [0.717, 1.165) is 30.7 Å². The second-order valence-electron chi connectivity index (χ2n) is 5.03. The van der Waals surface area contributed by atoms with Crippen LogP contribution in [0.1, 0.15) is 50.5 Å². The van der Waals surface area contributed by atoms with E-state index in [1.807, 2.05) is 0 Å². The first-order valence-corrected chi connectivity index (χ1v) is 9.14. The van der Waals surface area contributed by atoms with Crippen molar-refractivity contribution in [2.45, 2.75) is 56.3 Å². The van der Waals surface area contributed by atoms with Crippen molar-refractivity contribution in [3.8, 4) is 0 Å². The van der Waals surface area contributed by atoms with E-state index in [-0.39, 0.29) is 4.90 Å². The van der Waals surface area contributed by atoms with Gasteiger partial charge in [-0.2, -0.15) is 8.42 Å². The fraction of sp³-hybridized carbons (Fsp3) is 0.600. The highest BCUT2D eigenvalue weighted by atomic mass is 35.5. The highest BCUT2D eigenvalue weighted by Crippen LogP contribution is 2.14. The van der Waals surface area contributed by atoms with E-state index in [4.69, 9.17) is 16.2 Å². The van der Waals surface area contributed by atoms with Gasteiger partial charge < -0.3 is 0 Å². The van der Waals surface area contributed by atoms with E-state index in [1.165, 1.54) is 44.2 Å². The van der Waals surface area contributed by atoms with Crippen molar-refractivity contribution in [2.75, 3.05) is 5.88 Å². The maximum atomic E-state index is 10.9. The number of halogens is 1. The van der Waals surface area contributed by atoms with Crippen LogP contribution >= 0.6 is 11.6 Å². The summed E-state index contributed by atoms with van der Waals surface area (Å²) < 4.78 is 30.7. The van der Waals surface area contributed by atoms with Gasteiger partial charge in [0.15, 0.2) is 0 Å². The van der Waals surface area contributed by atoms with Gasteiger partial charge in [-0.05, 0) is 37.0 Å². The molecule has 114 valence electrons. The smallest absolute Gasteiger partial charge is 0.282 e. The molecule has 0 unspecified atom stereocenters. The van der Waals surface area contributed by atoms with Crippen LogP contribution in [0.5, 0.6) is 0 Å². The average molecular weight is 319 g/mol. The molecule has 0 spiro atoms. The third kappa shape index (κ3) is 7.27. The van der Waals surface area contributed by atoms with E-state index in [2.05, 4.69) is 0 Å². The van der Waals surface area contributed by atoms with E-state index in [0.29, 0.717) is 0 Å². The van der Waals surface area contributed by atoms with Crippen molar-refractivity contribution >= 4 is 21.7 Å². The summed E-state index contributed by atoms with van der Waals surface area (Å²) in [6, 6.07) is 6.45. The molecule has 0 saturated heterocycles. The van der Waals surface area contributed by atoms with Gasteiger partial charge in [-0.25, -0.2) is 0 Å². The van der Waals surface area contributed by atoms with Crippen LogP contribution in [-0.4, -0.2) is 18.9 Å². The zero-order valence-electron chi connectivity index (χ0n) is 11.7. The first kappa shape index (κ1) is 17.5. The molecule has 0 radical (unpaired) electrons. The molecule has 0 aliphatic rings. The van der Waals surface area contributed by atoms with Gasteiger partial charge in [-0.3, -0.25) is 4.55 Å². The molecule has 0 bridgehead atoms. The van der Waals surface area contributed by atoms with E-state index < -0.39 is 10.1 Å². The lowest BCUT2D eigenvalue weighted by atomic mass is 10.0. The number of rotatable bonds is 10. The number of hydrogen-bond donors (Lipinski definition) is 1. The summed E-state index contributed by atoms with van der Waals surface area (Å²) in [5, 5.41) is 0. The van der Waals surface area contributed by atoms with Gasteiger partial charge in [-0.1, -0.05) is 44.2 Å². The van der Waals surface area contributed by atoms with Crippen LogP contribution in [0.3, 0.4) is 0 Å². The van der Waals surface area contributed by atoms with Crippen LogP contribution in [0.15, 0.2) is 29.2 Å². The molecule has 5 heteroatoms. The SMILES string of the molecule is O=S(=O)(O)c1ccc(CCCCCCCCCCl)cc1. The summed E-state index contributed by atoms with van der Waals surface area (Å²) >= 11 is 5.62. The molecule has 1 rings (SSSR count). The zero-order chi connectivity index (χ0) is 14.8. The second-order valence-corrected chi connectivity index (χ2v) is 6.83. The highest BCUT2D eigenvalue weighted by molar-refractivity contribution is 7.85. The van der Waals surface area contributed by atoms with Crippen LogP contribution in [0, 0.1) is 0 Å². The third-order valence-corrected chi connectivity index (χ3v) is 4.46. The molecule has 1 aromatic carbocycles. The average Bonchev–Trinajstić information content (AvgIpc) is 2.41. The highest BCUT2D eigenvalue weighted by Gasteiger charge is 2.07. The molecule has 0 heterocycles. The van der Waals surface area contributed by atoms with Gasteiger partial charge in [0.1, 0.15) is 0 Å². The summed E-state index contributed by atoms with van der Waals surface area (Å²) in [6.45, 7) is 0.